The molecule has 2 aromatic heterocycles. The molecule has 0 fully saturated rings. The lowest BCUT2D eigenvalue weighted by atomic mass is 10.2. The molecule has 1 aliphatic carbocycles. The maximum absolute atomic E-state index is 13.2. The Labute approximate surface area is 190 Å². The normalized spacial score (nSPS) is 12.8. The van der Waals surface area contributed by atoms with Crippen molar-refractivity contribution in [3.8, 4) is 5.75 Å². The third-order valence-electron chi connectivity index (χ3n) is 5.25. The summed E-state index contributed by atoms with van der Waals surface area (Å²) in [6.07, 6.45) is 3.97. The lowest BCUT2D eigenvalue weighted by Crippen LogP contribution is -2.30. The number of aryl methyl sites for hydroxylation is 3. The number of aromatic nitrogens is 2. The number of nitrogens with zero attached hydrogens (tertiary/aromatic N) is 2. The summed E-state index contributed by atoms with van der Waals surface area (Å²) >= 11 is 2.96. The summed E-state index contributed by atoms with van der Waals surface area (Å²) in [7, 11) is 0. The van der Waals surface area contributed by atoms with E-state index in [9.17, 15) is 9.59 Å². The minimum absolute atomic E-state index is 0.0423. The molecular formula is C23H27N3O3S2. The Morgan fingerprint density at radius 3 is 3.03 bits per heavy atom. The van der Waals surface area contributed by atoms with Gasteiger partial charge in [-0.15, -0.1) is 11.3 Å². The lowest BCUT2D eigenvalue weighted by Gasteiger charge is -2.12. The molecule has 1 N–H and O–H groups in total. The zero-order chi connectivity index (χ0) is 21.8. The number of carbonyl (C=O) groups is 1. The van der Waals surface area contributed by atoms with Crippen LogP contribution in [0.5, 0.6) is 5.75 Å². The van der Waals surface area contributed by atoms with E-state index in [0.717, 1.165) is 47.2 Å². The predicted molar refractivity (Wildman–Crippen MR) is 127 cm³/mol. The maximum atomic E-state index is 13.2. The van der Waals surface area contributed by atoms with Gasteiger partial charge in [-0.2, -0.15) is 0 Å². The number of hydrogen-bond donors (Lipinski definition) is 1. The summed E-state index contributed by atoms with van der Waals surface area (Å²) in [5.41, 5.74) is 2.38. The average Bonchev–Trinajstić information content (AvgIpc) is 3.33. The number of carbonyl (C=O) groups excluding carboxylic acids is 1. The summed E-state index contributed by atoms with van der Waals surface area (Å²) < 4.78 is 7.41. The smallest absolute Gasteiger partial charge is 0.263 e. The van der Waals surface area contributed by atoms with E-state index in [1.54, 1.807) is 15.9 Å². The molecule has 0 atom stereocenters. The van der Waals surface area contributed by atoms with E-state index in [1.165, 1.54) is 22.2 Å². The predicted octanol–water partition coefficient (Wildman–Crippen LogP) is 3.95. The third kappa shape index (κ3) is 4.96. The zero-order valence-corrected chi connectivity index (χ0v) is 19.5. The Bertz CT molecular complexity index is 1150. The Kier molecular flexibility index (Phi) is 6.97. The first-order valence-corrected chi connectivity index (χ1v) is 12.5. The fourth-order valence-corrected chi connectivity index (χ4v) is 5.99. The molecule has 0 saturated heterocycles. The van der Waals surface area contributed by atoms with Crippen molar-refractivity contribution in [2.75, 3.05) is 18.9 Å². The molecular weight excluding hydrogens is 430 g/mol. The third-order valence-corrected chi connectivity index (χ3v) is 7.41. The van der Waals surface area contributed by atoms with Gasteiger partial charge in [0.1, 0.15) is 17.2 Å². The zero-order valence-electron chi connectivity index (χ0n) is 17.9. The number of benzene rings is 1. The van der Waals surface area contributed by atoms with Gasteiger partial charge in [0.15, 0.2) is 5.16 Å². The summed E-state index contributed by atoms with van der Waals surface area (Å²) in [5, 5.41) is 4.30. The van der Waals surface area contributed by atoms with Gasteiger partial charge in [-0.25, -0.2) is 4.98 Å². The molecule has 164 valence electrons. The summed E-state index contributed by atoms with van der Waals surface area (Å²) in [6.45, 7) is 5.51. The first-order chi connectivity index (χ1) is 15.1. The molecule has 0 radical (unpaired) electrons. The van der Waals surface area contributed by atoms with Crippen LogP contribution in [0.2, 0.25) is 0 Å². The molecule has 1 aliphatic rings. The highest BCUT2D eigenvalue weighted by molar-refractivity contribution is 7.99. The second kappa shape index (κ2) is 9.87. The molecule has 1 amide bonds. The minimum Gasteiger partial charge on any atom is -0.492 e. The van der Waals surface area contributed by atoms with Crippen molar-refractivity contribution in [1.82, 2.24) is 14.9 Å². The van der Waals surface area contributed by atoms with Gasteiger partial charge in [0.2, 0.25) is 5.91 Å². The molecule has 0 unspecified atom stereocenters. The number of rotatable bonds is 9. The van der Waals surface area contributed by atoms with E-state index < -0.39 is 0 Å². The Hall–Kier alpha value is -2.32. The van der Waals surface area contributed by atoms with Crippen molar-refractivity contribution < 1.29 is 9.53 Å². The van der Waals surface area contributed by atoms with Crippen molar-refractivity contribution in [2.45, 2.75) is 51.2 Å². The second-order valence-electron chi connectivity index (χ2n) is 7.69. The highest BCUT2D eigenvalue weighted by atomic mass is 32.2. The fourth-order valence-electron chi connectivity index (χ4n) is 3.83. The molecule has 3 aromatic rings. The van der Waals surface area contributed by atoms with Crippen LogP contribution in [0, 0.1) is 6.92 Å². The van der Waals surface area contributed by atoms with E-state index >= 15 is 0 Å². The van der Waals surface area contributed by atoms with Crippen LogP contribution in [0.1, 0.15) is 35.8 Å². The lowest BCUT2D eigenvalue weighted by molar-refractivity contribution is -0.118. The van der Waals surface area contributed by atoms with Crippen LogP contribution in [0.3, 0.4) is 0 Å². The van der Waals surface area contributed by atoms with Gasteiger partial charge in [0, 0.05) is 11.4 Å². The summed E-state index contributed by atoms with van der Waals surface area (Å²) in [4.78, 5) is 32.4. The largest absolute Gasteiger partial charge is 0.492 e. The standard InChI is InChI=1S/C23H27N3O3S2/c1-3-11-26-22(28)20-17-8-5-9-18(17)31-21(20)25-23(26)30-14-19(27)24-10-12-29-16-7-4-6-15(2)13-16/h4,6-7,13H,3,5,8-12,14H2,1-2H3,(H,24,27). The van der Waals surface area contributed by atoms with E-state index in [-0.39, 0.29) is 17.2 Å². The molecule has 0 saturated carbocycles. The number of ether oxygens (including phenoxy) is 1. The molecule has 4 rings (SSSR count). The van der Waals surface area contributed by atoms with Crippen molar-refractivity contribution in [3.63, 3.8) is 0 Å². The number of fused-ring (bicyclic) bond motifs is 3. The number of hydrogen-bond acceptors (Lipinski definition) is 6. The molecule has 0 aliphatic heterocycles. The Morgan fingerprint density at radius 2 is 2.23 bits per heavy atom. The van der Waals surface area contributed by atoms with Crippen LogP contribution in [-0.2, 0) is 24.2 Å². The van der Waals surface area contributed by atoms with Crippen LogP contribution in [0.25, 0.3) is 10.2 Å². The monoisotopic (exact) mass is 457 g/mol. The van der Waals surface area contributed by atoms with Crippen molar-refractivity contribution in [2.24, 2.45) is 0 Å². The summed E-state index contributed by atoms with van der Waals surface area (Å²) in [6, 6.07) is 7.83. The van der Waals surface area contributed by atoms with Gasteiger partial charge in [-0.05, 0) is 55.9 Å². The fraction of sp³-hybridized carbons (Fsp3) is 0.435. The molecule has 0 bridgehead atoms. The van der Waals surface area contributed by atoms with Crippen LogP contribution >= 0.6 is 23.1 Å². The topological polar surface area (TPSA) is 73.2 Å². The van der Waals surface area contributed by atoms with Crippen LogP contribution in [-0.4, -0.2) is 34.4 Å². The molecule has 2 heterocycles. The van der Waals surface area contributed by atoms with E-state index in [0.29, 0.717) is 24.9 Å². The highest BCUT2D eigenvalue weighted by Gasteiger charge is 2.23. The van der Waals surface area contributed by atoms with Crippen molar-refractivity contribution in [3.05, 3.63) is 50.6 Å². The maximum Gasteiger partial charge on any atom is 0.263 e. The molecule has 1 aromatic carbocycles. The Morgan fingerprint density at radius 1 is 1.35 bits per heavy atom. The quantitative estimate of drug-likeness (QED) is 0.299. The van der Waals surface area contributed by atoms with Gasteiger partial charge in [0.05, 0.1) is 17.7 Å². The van der Waals surface area contributed by atoms with Gasteiger partial charge in [-0.1, -0.05) is 30.8 Å². The van der Waals surface area contributed by atoms with Gasteiger partial charge in [-0.3, -0.25) is 14.2 Å². The van der Waals surface area contributed by atoms with Gasteiger partial charge < -0.3 is 10.1 Å². The number of nitrogens with one attached hydrogen (secondary N) is 1. The Balaban J connectivity index is 1.37. The molecule has 6 nitrogen and oxygen atoms in total. The first kappa shape index (κ1) is 21.9. The molecule has 31 heavy (non-hydrogen) atoms. The van der Waals surface area contributed by atoms with Crippen LogP contribution in [0.4, 0.5) is 0 Å². The van der Waals surface area contributed by atoms with Gasteiger partial charge >= 0.3 is 0 Å². The van der Waals surface area contributed by atoms with E-state index in [1.807, 2.05) is 38.1 Å². The number of thiophene rings is 1. The van der Waals surface area contributed by atoms with Gasteiger partial charge in [0.25, 0.3) is 5.56 Å². The van der Waals surface area contributed by atoms with E-state index in [4.69, 9.17) is 9.72 Å². The summed E-state index contributed by atoms with van der Waals surface area (Å²) in [5.74, 6) is 0.925. The van der Waals surface area contributed by atoms with Crippen LogP contribution in [0.15, 0.2) is 34.2 Å². The molecule has 0 spiro atoms. The average molecular weight is 458 g/mol. The first-order valence-electron chi connectivity index (χ1n) is 10.7. The SMILES string of the molecule is CCCn1c(SCC(=O)NCCOc2cccc(C)c2)nc2sc3c(c2c1=O)CCC3. The number of thioether (sulfide) groups is 1. The highest BCUT2D eigenvalue weighted by Crippen LogP contribution is 2.35. The molecule has 8 heteroatoms. The second-order valence-corrected chi connectivity index (χ2v) is 9.72. The number of amides is 1. The van der Waals surface area contributed by atoms with Crippen LogP contribution < -0.4 is 15.6 Å². The van der Waals surface area contributed by atoms with Crippen molar-refractivity contribution in [1.29, 1.82) is 0 Å². The van der Waals surface area contributed by atoms with E-state index in [2.05, 4.69) is 5.32 Å². The minimum atomic E-state index is -0.0936. The van der Waals surface area contributed by atoms with Crippen molar-refractivity contribution >= 4 is 39.2 Å².